The summed E-state index contributed by atoms with van der Waals surface area (Å²) in [7, 11) is 0. The summed E-state index contributed by atoms with van der Waals surface area (Å²) in [6, 6.07) is 6.28. The number of amides is 1. The molecule has 1 heterocycles. The van der Waals surface area contributed by atoms with Crippen molar-refractivity contribution in [2.45, 2.75) is 13.1 Å². The molecule has 0 aliphatic carbocycles. The molecule has 1 amide bonds. The predicted molar refractivity (Wildman–Crippen MR) is 77.5 cm³/mol. The van der Waals surface area contributed by atoms with E-state index in [0.717, 1.165) is 5.56 Å². The highest BCUT2D eigenvalue weighted by Crippen LogP contribution is 2.06. The van der Waals surface area contributed by atoms with Gasteiger partial charge in [0.15, 0.2) is 0 Å². The number of carbonyl (C=O) groups is 2. The van der Waals surface area contributed by atoms with Gasteiger partial charge in [0.25, 0.3) is 0 Å². The quantitative estimate of drug-likeness (QED) is 0.822. The van der Waals surface area contributed by atoms with Gasteiger partial charge in [0, 0.05) is 18.5 Å². The minimum Gasteiger partial charge on any atom is -0.478 e. The number of carbonyl (C=O) groups excluding carboxylic acids is 1. The lowest BCUT2D eigenvalue weighted by atomic mass is 10.1. The van der Waals surface area contributed by atoms with Gasteiger partial charge in [-0.1, -0.05) is 12.1 Å². The molecule has 0 spiro atoms. The summed E-state index contributed by atoms with van der Waals surface area (Å²) in [5, 5.41) is 11.6. The predicted octanol–water partition coefficient (Wildman–Crippen LogP) is 1.93. The molecule has 0 saturated carbocycles. The maximum atomic E-state index is 11.8. The molecular formula is C15H15N3O3. The molecule has 0 fully saturated rings. The average molecular weight is 285 g/mol. The van der Waals surface area contributed by atoms with E-state index in [1.165, 1.54) is 18.2 Å². The lowest BCUT2D eigenvalue weighted by molar-refractivity contribution is -0.117. The number of benzene rings is 1. The number of hydrogen-bond donors (Lipinski definition) is 2. The first kappa shape index (κ1) is 14.5. The van der Waals surface area contributed by atoms with E-state index < -0.39 is 5.97 Å². The van der Waals surface area contributed by atoms with Gasteiger partial charge in [0.2, 0.25) is 5.91 Å². The second-order valence-electron chi connectivity index (χ2n) is 4.45. The van der Waals surface area contributed by atoms with E-state index >= 15 is 0 Å². The van der Waals surface area contributed by atoms with E-state index in [1.54, 1.807) is 41.5 Å². The largest absolute Gasteiger partial charge is 0.478 e. The molecule has 1 unspecified atom stereocenters. The lowest BCUT2D eigenvalue weighted by Crippen LogP contribution is -2.28. The number of nitrogens with zero attached hydrogens (tertiary/aromatic N) is 2. The summed E-state index contributed by atoms with van der Waals surface area (Å²) in [5.74, 6) is -1.21. The average Bonchev–Trinajstić information content (AvgIpc) is 3.00. The SMILES string of the molecule is CC(NC(=O)C=Cc1ccc(C(=O)O)cc1)n1ccnc1. The Balaban J connectivity index is 1.94. The zero-order valence-corrected chi connectivity index (χ0v) is 11.4. The number of nitrogens with one attached hydrogen (secondary N) is 1. The van der Waals surface area contributed by atoms with Crippen LogP contribution in [0.1, 0.15) is 29.0 Å². The van der Waals surface area contributed by atoms with Crippen LogP contribution >= 0.6 is 0 Å². The van der Waals surface area contributed by atoms with E-state index in [0.29, 0.717) is 0 Å². The summed E-state index contributed by atoms with van der Waals surface area (Å²) in [6.45, 7) is 1.84. The number of hydrogen-bond acceptors (Lipinski definition) is 3. The molecule has 6 heteroatoms. The Labute approximate surface area is 121 Å². The molecule has 0 aliphatic rings. The van der Waals surface area contributed by atoms with Gasteiger partial charge in [-0.05, 0) is 30.7 Å². The second kappa shape index (κ2) is 6.51. The van der Waals surface area contributed by atoms with E-state index in [1.807, 2.05) is 6.92 Å². The number of carboxylic acids is 1. The molecule has 0 saturated heterocycles. The summed E-state index contributed by atoms with van der Waals surface area (Å²) in [5.41, 5.74) is 0.968. The number of carboxylic acid groups (broad SMARTS) is 1. The van der Waals surface area contributed by atoms with Crippen molar-refractivity contribution in [2.75, 3.05) is 0 Å². The van der Waals surface area contributed by atoms with Gasteiger partial charge in [-0.25, -0.2) is 9.78 Å². The number of aromatic carboxylic acids is 1. The van der Waals surface area contributed by atoms with Crippen LogP contribution in [0.5, 0.6) is 0 Å². The van der Waals surface area contributed by atoms with Gasteiger partial charge in [-0.15, -0.1) is 0 Å². The van der Waals surface area contributed by atoms with E-state index in [4.69, 9.17) is 5.11 Å². The number of aromatic nitrogens is 2. The topological polar surface area (TPSA) is 84.2 Å². The van der Waals surface area contributed by atoms with Crippen molar-refractivity contribution in [1.29, 1.82) is 0 Å². The summed E-state index contributed by atoms with van der Waals surface area (Å²) in [4.78, 5) is 26.4. The summed E-state index contributed by atoms with van der Waals surface area (Å²) >= 11 is 0. The van der Waals surface area contributed by atoms with Crippen LogP contribution in [0.15, 0.2) is 49.1 Å². The minimum absolute atomic E-state index is 0.195. The van der Waals surface area contributed by atoms with Crippen LogP contribution in [0.3, 0.4) is 0 Å². The van der Waals surface area contributed by atoms with Crippen molar-refractivity contribution in [1.82, 2.24) is 14.9 Å². The molecule has 0 radical (unpaired) electrons. The molecule has 1 aromatic heterocycles. The van der Waals surface area contributed by atoms with Crippen LogP contribution in [-0.4, -0.2) is 26.5 Å². The van der Waals surface area contributed by atoms with Crippen LogP contribution in [0.25, 0.3) is 6.08 Å². The van der Waals surface area contributed by atoms with Gasteiger partial charge in [-0.3, -0.25) is 4.79 Å². The van der Waals surface area contributed by atoms with Crippen LogP contribution < -0.4 is 5.32 Å². The van der Waals surface area contributed by atoms with E-state index in [-0.39, 0.29) is 17.6 Å². The maximum Gasteiger partial charge on any atom is 0.335 e. The van der Waals surface area contributed by atoms with Crippen LogP contribution in [0, 0.1) is 0 Å². The van der Waals surface area contributed by atoms with Crippen molar-refractivity contribution in [2.24, 2.45) is 0 Å². The normalized spacial score (nSPS) is 12.2. The van der Waals surface area contributed by atoms with Gasteiger partial charge >= 0.3 is 5.97 Å². The smallest absolute Gasteiger partial charge is 0.335 e. The molecule has 0 bridgehead atoms. The lowest BCUT2D eigenvalue weighted by Gasteiger charge is -2.13. The number of rotatable bonds is 5. The third-order valence-corrected chi connectivity index (χ3v) is 2.91. The second-order valence-corrected chi connectivity index (χ2v) is 4.45. The molecule has 1 atom stereocenters. The zero-order chi connectivity index (χ0) is 15.2. The van der Waals surface area contributed by atoms with Gasteiger partial charge in [-0.2, -0.15) is 0 Å². The van der Waals surface area contributed by atoms with Crippen molar-refractivity contribution >= 4 is 18.0 Å². The van der Waals surface area contributed by atoms with Crippen molar-refractivity contribution in [3.63, 3.8) is 0 Å². The first-order valence-electron chi connectivity index (χ1n) is 6.35. The fourth-order valence-corrected chi connectivity index (χ4v) is 1.74. The Morgan fingerprint density at radius 2 is 2.05 bits per heavy atom. The van der Waals surface area contributed by atoms with Crippen molar-refractivity contribution < 1.29 is 14.7 Å². The van der Waals surface area contributed by atoms with E-state index in [9.17, 15) is 9.59 Å². The van der Waals surface area contributed by atoms with Crippen LogP contribution in [0.2, 0.25) is 0 Å². The fraction of sp³-hybridized carbons (Fsp3) is 0.133. The first-order chi connectivity index (χ1) is 10.1. The summed E-state index contributed by atoms with van der Waals surface area (Å²) in [6.07, 6.45) is 7.87. The van der Waals surface area contributed by atoms with E-state index in [2.05, 4.69) is 10.3 Å². The minimum atomic E-state index is -0.975. The highest BCUT2D eigenvalue weighted by Gasteiger charge is 2.05. The molecule has 6 nitrogen and oxygen atoms in total. The Kier molecular flexibility index (Phi) is 4.50. The fourth-order valence-electron chi connectivity index (χ4n) is 1.74. The number of imidazole rings is 1. The maximum absolute atomic E-state index is 11.8. The Hall–Kier alpha value is -2.89. The van der Waals surface area contributed by atoms with Gasteiger partial charge in [0.1, 0.15) is 6.17 Å². The van der Waals surface area contributed by atoms with Gasteiger partial charge < -0.3 is 15.0 Å². The Bertz CT molecular complexity index is 645. The molecule has 2 rings (SSSR count). The standard InChI is InChI=1S/C15H15N3O3/c1-11(18-9-8-16-10-18)17-14(19)7-4-12-2-5-13(6-3-12)15(20)21/h2-11H,1H3,(H,17,19)(H,20,21). The molecular weight excluding hydrogens is 270 g/mol. The molecule has 108 valence electrons. The molecule has 2 N–H and O–H groups in total. The molecule has 2 aromatic rings. The van der Waals surface area contributed by atoms with Crippen LogP contribution in [-0.2, 0) is 4.79 Å². The molecule has 1 aromatic carbocycles. The molecule has 0 aliphatic heterocycles. The van der Waals surface area contributed by atoms with Gasteiger partial charge in [0.05, 0.1) is 11.9 Å². The highest BCUT2D eigenvalue weighted by molar-refractivity contribution is 5.92. The van der Waals surface area contributed by atoms with Crippen molar-refractivity contribution in [3.8, 4) is 0 Å². The molecule has 21 heavy (non-hydrogen) atoms. The zero-order valence-electron chi connectivity index (χ0n) is 11.4. The monoisotopic (exact) mass is 285 g/mol. The van der Waals surface area contributed by atoms with Crippen molar-refractivity contribution in [3.05, 3.63) is 60.2 Å². The Morgan fingerprint density at radius 1 is 1.33 bits per heavy atom. The third-order valence-electron chi connectivity index (χ3n) is 2.91. The highest BCUT2D eigenvalue weighted by atomic mass is 16.4. The van der Waals surface area contributed by atoms with Crippen LogP contribution in [0.4, 0.5) is 0 Å². The first-order valence-corrected chi connectivity index (χ1v) is 6.35. The third kappa shape index (κ3) is 4.04. The summed E-state index contributed by atoms with van der Waals surface area (Å²) < 4.78 is 1.77. The Morgan fingerprint density at radius 3 is 2.62 bits per heavy atom.